The third-order valence-corrected chi connectivity index (χ3v) is 8.77. The average molecular weight is 507 g/mol. The first-order valence-corrected chi connectivity index (χ1v) is 13.7. The fraction of sp³-hybridized carbons (Fsp3) is 0.750. The Labute approximate surface area is 201 Å². The van der Waals surface area contributed by atoms with Crippen molar-refractivity contribution in [3.63, 3.8) is 0 Å². The van der Waals surface area contributed by atoms with Crippen LogP contribution in [0.15, 0.2) is 29.2 Å². The quantitative estimate of drug-likeness (QED) is 0.412. The second kappa shape index (κ2) is 12.7. The summed E-state index contributed by atoms with van der Waals surface area (Å²) in [4.78, 5) is 2.34. The molecule has 1 aromatic carbocycles. The standard InChI is InChI=1S/C24H37F3N2O4S/c1-28(34(30,31)23-12-6-20(7-13-23)24(25,26)27)21-8-10-22(11-9-21)33-17-5-3-2-4-14-29-15-18-32-19-16-29/h6-7,12-13,21-22H,2-5,8-11,14-19H2,1H3/t21-,22-. The first-order chi connectivity index (χ1) is 16.2. The number of nitrogens with zero attached hydrogens (tertiary/aromatic N) is 2. The summed E-state index contributed by atoms with van der Waals surface area (Å²) in [6, 6.07) is 3.52. The van der Waals surface area contributed by atoms with Crippen LogP contribution >= 0.6 is 0 Å². The SMILES string of the molecule is CN([C@H]1CC[C@H](OCCCCCCN2CCOCC2)CC1)S(=O)(=O)c1ccc(C(F)(F)F)cc1. The van der Waals surface area contributed by atoms with Gasteiger partial charge in [0.2, 0.25) is 10.0 Å². The number of hydrogen-bond acceptors (Lipinski definition) is 5. The smallest absolute Gasteiger partial charge is 0.379 e. The second-order valence-electron chi connectivity index (χ2n) is 9.21. The molecule has 1 aliphatic carbocycles. The monoisotopic (exact) mass is 506 g/mol. The molecule has 0 aromatic heterocycles. The van der Waals surface area contributed by atoms with Crippen LogP contribution < -0.4 is 0 Å². The molecule has 0 N–H and O–H groups in total. The maximum atomic E-state index is 12.9. The highest BCUT2D eigenvalue weighted by Gasteiger charge is 2.34. The maximum Gasteiger partial charge on any atom is 0.416 e. The molecule has 0 radical (unpaired) electrons. The molecule has 6 nitrogen and oxygen atoms in total. The molecule has 1 saturated carbocycles. The number of unbranched alkanes of at least 4 members (excludes halogenated alkanes) is 3. The van der Waals surface area contributed by atoms with Crippen LogP contribution in [0.1, 0.15) is 56.9 Å². The molecule has 1 aliphatic heterocycles. The van der Waals surface area contributed by atoms with Crippen LogP contribution in [0.4, 0.5) is 13.2 Å². The molecular formula is C24H37F3N2O4S. The van der Waals surface area contributed by atoms with Crippen LogP contribution in [0.3, 0.4) is 0 Å². The van der Waals surface area contributed by atoms with Gasteiger partial charge in [0, 0.05) is 32.8 Å². The van der Waals surface area contributed by atoms with Crippen molar-refractivity contribution in [2.45, 2.75) is 74.6 Å². The maximum absolute atomic E-state index is 12.9. The number of benzene rings is 1. The van der Waals surface area contributed by atoms with Gasteiger partial charge >= 0.3 is 6.18 Å². The van der Waals surface area contributed by atoms with Gasteiger partial charge in [-0.25, -0.2) is 8.42 Å². The summed E-state index contributed by atoms with van der Waals surface area (Å²) in [5.41, 5.74) is -0.858. The largest absolute Gasteiger partial charge is 0.416 e. The molecule has 1 aromatic rings. The molecule has 3 rings (SSSR count). The lowest BCUT2D eigenvalue weighted by Crippen LogP contribution is -2.40. The van der Waals surface area contributed by atoms with Crippen LogP contribution in [-0.4, -0.2) is 76.3 Å². The highest BCUT2D eigenvalue weighted by atomic mass is 32.2. The molecule has 0 atom stereocenters. The van der Waals surface area contributed by atoms with Crippen molar-refractivity contribution >= 4 is 10.0 Å². The predicted octanol–water partition coefficient (Wildman–Crippen LogP) is 4.55. The van der Waals surface area contributed by atoms with Gasteiger partial charge in [0.05, 0.1) is 29.8 Å². The minimum absolute atomic E-state index is 0.116. The molecule has 10 heteroatoms. The van der Waals surface area contributed by atoms with Crippen molar-refractivity contribution < 1.29 is 31.1 Å². The summed E-state index contributed by atoms with van der Waals surface area (Å²) in [6.07, 6.45) is 3.16. The zero-order valence-electron chi connectivity index (χ0n) is 19.9. The van der Waals surface area contributed by atoms with Gasteiger partial charge in [-0.3, -0.25) is 4.90 Å². The summed E-state index contributed by atoms with van der Waals surface area (Å²) >= 11 is 0. The van der Waals surface area contributed by atoms with Crippen LogP contribution in [0.25, 0.3) is 0 Å². The van der Waals surface area contributed by atoms with Gasteiger partial charge in [-0.05, 0) is 69.3 Å². The average Bonchev–Trinajstić information content (AvgIpc) is 2.83. The van der Waals surface area contributed by atoms with Gasteiger partial charge in [-0.2, -0.15) is 17.5 Å². The van der Waals surface area contributed by atoms with Gasteiger partial charge in [-0.1, -0.05) is 12.8 Å². The second-order valence-corrected chi connectivity index (χ2v) is 11.2. The fourth-order valence-corrected chi connectivity index (χ4v) is 6.04. The summed E-state index contributed by atoms with van der Waals surface area (Å²) in [5.74, 6) is 0. The van der Waals surface area contributed by atoms with E-state index in [2.05, 4.69) is 4.90 Å². The molecule has 194 valence electrons. The Morgan fingerprint density at radius 3 is 2.24 bits per heavy atom. The number of alkyl halides is 3. The highest BCUT2D eigenvalue weighted by Crippen LogP contribution is 2.32. The lowest BCUT2D eigenvalue weighted by molar-refractivity contribution is -0.137. The molecule has 0 unspecified atom stereocenters. The van der Waals surface area contributed by atoms with E-state index in [1.807, 2.05) is 0 Å². The number of halogens is 3. The van der Waals surface area contributed by atoms with E-state index in [-0.39, 0.29) is 17.0 Å². The molecule has 0 spiro atoms. The first kappa shape index (κ1) is 27.4. The Morgan fingerprint density at radius 2 is 1.62 bits per heavy atom. The molecule has 34 heavy (non-hydrogen) atoms. The molecular weight excluding hydrogens is 469 g/mol. The van der Waals surface area contributed by atoms with Gasteiger partial charge in [-0.15, -0.1) is 0 Å². The van der Waals surface area contributed by atoms with Crippen molar-refractivity contribution in [3.8, 4) is 0 Å². The van der Waals surface area contributed by atoms with Crippen LogP contribution in [0.5, 0.6) is 0 Å². The number of ether oxygens (including phenoxy) is 2. The van der Waals surface area contributed by atoms with Crippen molar-refractivity contribution in [3.05, 3.63) is 29.8 Å². The van der Waals surface area contributed by atoms with Gasteiger partial charge in [0.1, 0.15) is 0 Å². The Hall–Kier alpha value is -1.20. The number of rotatable bonds is 11. The van der Waals surface area contributed by atoms with E-state index in [1.54, 1.807) is 0 Å². The minimum Gasteiger partial charge on any atom is -0.379 e. The van der Waals surface area contributed by atoms with Crippen molar-refractivity contribution in [2.75, 3.05) is 46.5 Å². The zero-order valence-corrected chi connectivity index (χ0v) is 20.7. The van der Waals surface area contributed by atoms with Crippen LogP contribution in [0.2, 0.25) is 0 Å². The number of morpholine rings is 1. The zero-order chi connectivity index (χ0) is 24.6. The Kier molecular flexibility index (Phi) is 10.2. The summed E-state index contributed by atoms with van der Waals surface area (Å²) < 4.78 is 76.7. The van der Waals surface area contributed by atoms with E-state index in [0.29, 0.717) is 12.8 Å². The van der Waals surface area contributed by atoms with E-state index >= 15 is 0 Å². The van der Waals surface area contributed by atoms with E-state index in [4.69, 9.17) is 9.47 Å². The highest BCUT2D eigenvalue weighted by molar-refractivity contribution is 7.89. The van der Waals surface area contributed by atoms with E-state index < -0.39 is 21.8 Å². The van der Waals surface area contributed by atoms with Gasteiger partial charge in [0.15, 0.2) is 0 Å². The van der Waals surface area contributed by atoms with Crippen molar-refractivity contribution in [2.24, 2.45) is 0 Å². The molecule has 0 amide bonds. The third kappa shape index (κ3) is 7.91. The summed E-state index contributed by atoms with van der Waals surface area (Å²) in [5, 5.41) is 0. The predicted molar refractivity (Wildman–Crippen MR) is 124 cm³/mol. The molecule has 2 aliphatic rings. The van der Waals surface area contributed by atoms with E-state index in [9.17, 15) is 21.6 Å². The molecule has 0 bridgehead atoms. The fourth-order valence-electron chi connectivity index (χ4n) is 4.62. The van der Waals surface area contributed by atoms with Crippen LogP contribution in [0, 0.1) is 0 Å². The van der Waals surface area contributed by atoms with Crippen molar-refractivity contribution in [1.82, 2.24) is 9.21 Å². The van der Waals surface area contributed by atoms with Gasteiger partial charge in [0.25, 0.3) is 0 Å². The number of hydrogen-bond donors (Lipinski definition) is 0. The lowest BCUT2D eigenvalue weighted by atomic mass is 9.93. The summed E-state index contributed by atoms with van der Waals surface area (Å²) in [6.45, 7) is 5.61. The van der Waals surface area contributed by atoms with Crippen molar-refractivity contribution in [1.29, 1.82) is 0 Å². The topological polar surface area (TPSA) is 59.1 Å². The van der Waals surface area contributed by atoms with E-state index in [1.165, 1.54) is 24.2 Å². The van der Waals surface area contributed by atoms with Crippen LogP contribution in [-0.2, 0) is 25.7 Å². The molecule has 2 fully saturated rings. The minimum atomic E-state index is -4.49. The molecule has 1 saturated heterocycles. The molecule has 1 heterocycles. The summed E-state index contributed by atoms with van der Waals surface area (Å²) in [7, 11) is -2.33. The normalized spacial score (nSPS) is 22.9. The first-order valence-electron chi connectivity index (χ1n) is 12.2. The Bertz CT molecular complexity index is 835. The van der Waals surface area contributed by atoms with Gasteiger partial charge < -0.3 is 9.47 Å². The number of sulfonamides is 1. The Morgan fingerprint density at radius 1 is 1.00 bits per heavy atom. The third-order valence-electron chi connectivity index (χ3n) is 6.84. The van der Waals surface area contributed by atoms with E-state index in [0.717, 1.165) is 89.4 Å². The lowest BCUT2D eigenvalue weighted by Gasteiger charge is -2.34. The Balaban J connectivity index is 1.33.